The first-order valence-corrected chi connectivity index (χ1v) is 5.58. The number of carbonyl (C=O) groups excluding carboxylic acids is 1. The molecule has 0 bridgehead atoms. The molecule has 92 valence electrons. The predicted octanol–water partition coefficient (Wildman–Crippen LogP) is 0.431. The lowest BCUT2D eigenvalue weighted by Crippen LogP contribution is -2.57. The van der Waals surface area contributed by atoms with E-state index in [9.17, 15) is 9.18 Å². The molecular weight excluding hydrogens is 221 g/mol. The Morgan fingerprint density at radius 3 is 2.65 bits per heavy atom. The van der Waals surface area contributed by atoms with Crippen LogP contribution >= 0.6 is 0 Å². The molecule has 0 spiro atoms. The number of likely N-dealkylation sites (N-methyl/N-ethyl adjacent to an activating group) is 1. The Morgan fingerprint density at radius 1 is 1.41 bits per heavy atom. The molecule has 2 rings (SSSR count). The third-order valence-corrected chi connectivity index (χ3v) is 3.11. The average Bonchev–Trinajstić information content (AvgIpc) is 2.31. The summed E-state index contributed by atoms with van der Waals surface area (Å²) >= 11 is 0. The number of nitrogens with two attached hydrogens (primary N) is 1. The molecule has 1 aliphatic rings. The summed E-state index contributed by atoms with van der Waals surface area (Å²) in [6.45, 7) is 1.40. The minimum Gasteiger partial charge on any atom is -0.329 e. The van der Waals surface area contributed by atoms with Crippen molar-refractivity contribution in [3.63, 3.8) is 0 Å². The standard InChI is InChI=1S/C12H16FN3O/c1-15-8-12(17)16(7-11(15)6-14)10-4-2-9(13)3-5-10/h2-5,11H,6-8,14H2,1H3. The molecule has 4 nitrogen and oxygen atoms in total. The van der Waals surface area contributed by atoms with Crippen LogP contribution in [0.15, 0.2) is 24.3 Å². The molecule has 1 aliphatic heterocycles. The van der Waals surface area contributed by atoms with Gasteiger partial charge >= 0.3 is 0 Å². The predicted molar refractivity (Wildman–Crippen MR) is 64.2 cm³/mol. The molecule has 0 radical (unpaired) electrons. The van der Waals surface area contributed by atoms with E-state index >= 15 is 0 Å². The average molecular weight is 237 g/mol. The highest BCUT2D eigenvalue weighted by atomic mass is 19.1. The zero-order valence-electron chi connectivity index (χ0n) is 9.77. The van der Waals surface area contributed by atoms with E-state index < -0.39 is 0 Å². The highest BCUT2D eigenvalue weighted by molar-refractivity contribution is 5.95. The smallest absolute Gasteiger partial charge is 0.241 e. The van der Waals surface area contributed by atoms with Gasteiger partial charge in [-0.3, -0.25) is 9.69 Å². The van der Waals surface area contributed by atoms with Gasteiger partial charge in [0.2, 0.25) is 5.91 Å². The monoisotopic (exact) mass is 237 g/mol. The molecular formula is C12H16FN3O. The van der Waals surface area contributed by atoms with Crippen LogP contribution < -0.4 is 10.6 Å². The van der Waals surface area contributed by atoms with Crippen LogP contribution in [-0.2, 0) is 4.79 Å². The van der Waals surface area contributed by atoms with Crippen molar-refractivity contribution in [2.45, 2.75) is 6.04 Å². The summed E-state index contributed by atoms with van der Waals surface area (Å²) in [6.07, 6.45) is 0. The number of piperazine rings is 1. The first kappa shape index (κ1) is 12.0. The third-order valence-electron chi connectivity index (χ3n) is 3.11. The zero-order chi connectivity index (χ0) is 12.4. The van der Waals surface area contributed by atoms with Crippen molar-refractivity contribution in [3.8, 4) is 0 Å². The minimum atomic E-state index is -0.300. The quantitative estimate of drug-likeness (QED) is 0.811. The highest BCUT2D eigenvalue weighted by Crippen LogP contribution is 2.19. The molecule has 1 unspecified atom stereocenters. The minimum absolute atomic E-state index is 0.0174. The first-order valence-electron chi connectivity index (χ1n) is 5.58. The van der Waals surface area contributed by atoms with Gasteiger partial charge in [0, 0.05) is 24.8 Å². The topological polar surface area (TPSA) is 49.6 Å². The summed E-state index contributed by atoms with van der Waals surface area (Å²) in [4.78, 5) is 15.5. The first-order chi connectivity index (χ1) is 8.11. The maximum atomic E-state index is 12.8. The molecule has 1 atom stereocenters. The second-order valence-corrected chi connectivity index (χ2v) is 4.29. The SMILES string of the molecule is CN1CC(=O)N(c2ccc(F)cc2)CC1CN. The van der Waals surface area contributed by atoms with Gasteiger partial charge in [-0.15, -0.1) is 0 Å². The number of hydrogen-bond acceptors (Lipinski definition) is 3. The molecule has 5 heteroatoms. The van der Waals surface area contributed by atoms with Gasteiger partial charge in [-0.25, -0.2) is 4.39 Å². The van der Waals surface area contributed by atoms with Gasteiger partial charge in [0.15, 0.2) is 0 Å². The summed E-state index contributed by atoms with van der Waals surface area (Å²) in [6, 6.07) is 6.10. The van der Waals surface area contributed by atoms with Gasteiger partial charge in [0.1, 0.15) is 5.82 Å². The molecule has 1 amide bonds. The van der Waals surface area contributed by atoms with Crippen molar-refractivity contribution < 1.29 is 9.18 Å². The fourth-order valence-electron chi connectivity index (χ4n) is 2.00. The van der Waals surface area contributed by atoms with Crippen molar-refractivity contribution in [3.05, 3.63) is 30.1 Å². The Hall–Kier alpha value is -1.46. The van der Waals surface area contributed by atoms with Gasteiger partial charge in [-0.05, 0) is 31.3 Å². The number of rotatable bonds is 2. The summed E-state index contributed by atoms with van der Waals surface area (Å²) in [5.74, 6) is -0.283. The second-order valence-electron chi connectivity index (χ2n) is 4.29. The summed E-state index contributed by atoms with van der Waals surface area (Å²) in [5, 5.41) is 0. The fourth-order valence-corrected chi connectivity index (χ4v) is 2.00. The molecule has 17 heavy (non-hydrogen) atoms. The largest absolute Gasteiger partial charge is 0.329 e. The molecule has 2 N–H and O–H groups in total. The molecule has 1 saturated heterocycles. The number of hydrogen-bond donors (Lipinski definition) is 1. The van der Waals surface area contributed by atoms with Crippen molar-refractivity contribution >= 4 is 11.6 Å². The van der Waals surface area contributed by atoms with E-state index in [2.05, 4.69) is 0 Å². The van der Waals surface area contributed by atoms with Crippen LogP contribution in [0.3, 0.4) is 0 Å². The third kappa shape index (κ3) is 2.45. The maximum Gasteiger partial charge on any atom is 0.241 e. The van der Waals surface area contributed by atoms with Gasteiger partial charge in [0.25, 0.3) is 0 Å². The highest BCUT2D eigenvalue weighted by Gasteiger charge is 2.29. The summed E-state index contributed by atoms with van der Waals surface area (Å²) < 4.78 is 12.8. The Kier molecular flexibility index (Phi) is 3.40. The van der Waals surface area contributed by atoms with E-state index in [0.29, 0.717) is 19.6 Å². The number of halogens is 1. The van der Waals surface area contributed by atoms with E-state index in [1.54, 1.807) is 17.0 Å². The van der Waals surface area contributed by atoms with E-state index in [1.807, 2.05) is 11.9 Å². The van der Waals surface area contributed by atoms with Crippen molar-refractivity contribution in [2.24, 2.45) is 5.73 Å². The van der Waals surface area contributed by atoms with Crippen LogP contribution in [0.5, 0.6) is 0 Å². The zero-order valence-corrected chi connectivity index (χ0v) is 9.77. The van der Waals surface area contributed by atoms with Crippen LogP contribution in [0.4, 0.5) is 10.1 Å². The van der Waals surface area contributed by atoms with E-state index in [4.69, 9.17) is 5.73 Å². The number of carbonyl (C=O) groups is 1. The molecule has 0 saturated carbocycles. The number of nitrogens with zero attached hydrogens (tertiary/aromatic N) is 2. The lowest BCUT2D eigenvalue weighted by Gasteiger charge is -2.38. The number of benzene rings is 1. The van der Waals surface area contributed by atoms with Crippen LogP contribution in [-0.4, -0.2) is 43.5 Å². The molecule has 1 heterocycles. The van der Waals surface area contributed by atoms with Crippen LogP contribution in [0.25, 0.3) is 0 Å². The van der Waals surface area contributed by atoms with Gasteiger partial charge < -0.3 is 10.6 Å². The van der Waals surface area contributed by atoms with Gasteiger partial charge in [-0.2, -0.15) is 0 Å². The lowest BCUT2D eigenvalue weighted by atomic mass is 10.1. The summed E-state index contributed by atoms with van der Waals surface area (Å²) in [7, 11) is 1.89. The normalized spacial score (nSPS) is 21.9. The van der Waals surface area contributed by atoms with Crippen LogP contribution in [0, 0.1) is 5.82 Å². The van der Waals surface area contributed by atoms with E-state index in [1.165, 1.54) is 12.1 Å². The van der Waals surface area contributed by atoms with E-state index in [-0.39, 0.29) is 17.8 Å². The molecule has 1 aromatic rings. The molecule has 0 aliphatic carbocycles. The van der Waals surface area contributed by atoms with E-state index in [0.717, 1.165) is 5.69 Å². The van der Waals surface area contributed by atoms with Gasteiger partial charge in [0.05, 0.1) is 6.54 Å². The van der Waals surface area contributed by atoms with Crippen molar-refractivity contribution in [1.29, 1.82) is 0 Å². The Bertz CT molecular complexity index is 407. The van der Waals surface area contributed by atoms with Crippen LogP contribution in [0.2, 0.25) is 0 Å². The maximum absolute atomic E-state index is 12.8. The molecule has 1 fully saturated rings. The van der Waals surface area contributed by atoms with Crippen molar-refractivity contribution in [2.75, 3.05) is 31.6 Å². The Balaban J connectivity index is 2.20. The summed E-state index contributed by atoms with van der Waals surface area (Å²) in [5.41, 5.74) is 6.39. The molecule has 0 aromatic heterocycles. The second kappa shape index (κ2) is 4.81. The fraction of sp³-hybridized carbons (Fsp3) is 0.417. The van der Waals surface area contributed by atoms with Gasteiger partial charge in [-0.1, -0.05) is 0 Å². The van der Waals surface area contributed by atoms with Crippen molar-refractivity contribution in [1.82, 2.24) is 4.90 Å². The lowest BCUT2D eigenvalue weighted by molar-refractivity contribution is -0.121. The number of anilines is 1. The Labute approximate surface area is 99.8 Å². The van der Waals surface area contributed by atoms with Crippen LogP contribution in [0.1, 0.15) is 0 Å². The Morgan fingerprint density at radius 2 is 2.06 bits per heavy atom. The number of amides is 1. The molecule has 1 aromatic carbocycles.